The van der Waals surface area contributed by atoms with Crippen LogP contribution in [0.3, 0.4) is 0 Å². The zero-order valence-electron chi connectivity index (χ0n) is 21.4. The Hall–Kier alpha value is -2.84. The predicted octanol–water partition coefficient (Wildman–Crippen LogP) is 5.43. The highest BCUT2D eigenvalue weighted by Crippen LogP contribution is 2.38. The summed E-state index contributed by atoms with van der Waals surface area (Å²) < 4.78 is 6.16. The van der Waals surface area contributed by atoms with Crippen LogP contribution < -0.4 is 4.74 Å². The van der Waals surface area contributed by atoms with E-state index in [1.54, 1.807) is 0 Å². The summed E-state index contributed by atoms with van der Waals surface area (Å²) in [5.41, 5.74) is 3.97. The van der Waals surface area contributed by atoms with E-state index < -0.39 is 0 Å². The van der Waals surface area contributed by atoms with Gasteiger partial charge in [-0.2, -0.15) is 11.8 Å². The van der Waals surface area contributed by atoms with E-state index in [1.165, 1.54) is 16.9 Å². The molecule has 2 aliphatic rings. The van der Waals surface area contributed by atoms with Crippen LogP contribution in [0.25, 0.3) is 0 Å². The van der Waals surface area contributed by atoms with E-state index in [0.29, 0.717) is 31.2 Å². The van der Waals surface area contributed by atoms with Crippen LogP contribution in [0.5, 0.6) is 5.75 Å². The van der Waals surface area contributed by atoms with Crippen LogP contribution in [-0.2, 0) is 17.8 Å². The van der Waals surface area contributed by atoms with Gasteiger partial charge in [-0.15, -0.1) is 11.3 Å². The largest absolute Gasteiger partial charge is 0.486 e. The summed E-state index contributed by atoms with van der Waals surface area (Å²) in [6, 6.07) is 16.3. The number of fused-ring (bicyclic) bond motifs is 1. The SMILES string of the molecule is CC(C)CC(=O)N1CCc2ccc(OCc3nc(C(=O)N4CCSCC4)cs3)cc2C1c1ccccc1. The van der Waals surface area contributed by atoms with Gasteiger partial charge in [-0.05, 0) is 41.2 Å². The van der Waals surface area contributed by atoms with Gasteiger partial charge in [0.25, 0.3) is 5.91 Å². The Kier molecular flexibility index (Phi) is 8.15. The maximum atomic E-state index is 13.2. The molecule has 37 heavy (non-hydrogen) atoms. The van der Waals surface area contributed by atoms with E-state index in [4.69, 9.17) is 4.74 Å². The molecule has 0 spiro atoms. The van der Waals surface area contributed by atoms with Crippen molar-refractivity contribution in [1.82, 2.24) is 14.8 Å². The fraction of sp³-hybridized carbons (Fsp3) is 0.414. The van der Waals surface area contributed by atoms with Crippen molar-refractivity contribution in [3.63, 3.8) is 0 Å². The van der Waals surface area contributed by atoms with Crippen molar-refractivity contribution in [3.8, 4) is 5.75 Å². The molecule has 1 fully saturated rings. The number of benzene rings is 2. The van der Waals surface area contributed by atoms with Gasteiger partial charge in [-0.3, -0.25) is 9.59 Å². The fourth-order valence-electron chi connectivity index (χ4n) is 4.96. The number of thiazole rings is 1. The lowest BCUT2D eigenvalue weighted by molar-refractivity contribution is -0.134. The molecule has 2 aliphatic heterocycles. The quantitative estimate of drug-likeness (QED) is 0.404. The number of hydrogen-bond acceptors (Lipinski definition) is 6. The number of hydrogen-bond donors (Lipinski definition) is 0. The zero-order chi connectivity index (χ0) is 25.8. The molecule has 0 saturated carbocycles. The first-order chi connectivity index (χ1) is 18.0. The summed E-state index contributed by atoms with van der Waals surface area (Å²) in [4.78, 5) is 34.5. The zero-order valence-corrected chi connectivity index (χ0v) is 23.0. The molecule has 194 valence electrons. The molecule has 0 aliphatic carbocycles. The van der Waals surface area contributed by atoms with E-state index in [2.05, 4.69) is 43.1 Å². The first-order valence-corrected chi connectivity index (χ1v) is 14.9. The van der Waals surface area contributed by atoms with Crippen LogP contribution in [0, 0.1) is 5.92 Å². The van der Waals surface area contributed by atoms with Gasteiger partial charge in [0.1, 0.15) is 23.1 Å². The molecule has 3 aromatic rings. The molecule has 5 rings (SSSR count). The van der Waals surface area contributed by atoms with Crippen LogP contribution >= 0.6 is 23.1 Å². The highest BCUT2D eigenvalue weighted by atomic mass is 32.2. The number of amides is 2. The number of carbonyl (C=O) groups excluding carboxylic acids is 2. The Bertz CT molecular complexity index is 1240. The third-order valence-electron chi connectivity index (χ3n) is 6.80. The van der Waals surface area contributed by atoms with Crippen LogP contribution in [-0.4, -0.2) is 57.7 Å². The average Bonchev–Trinajstić information content (AvgIpc) is 3.40. The number of carbonyl (C=O) groups is 2. The summed E-state index contributed by atoms with van der Waals surface area (Å²) in [5, 5.41) is 2.61. The molecular formula is C29H33N3O3S2. The minimum Gasteiger partial charge on any atom is -0.486 e. The first kappa shape index (κ1) is 25.8. The Morgan fingerprint density at radius 3 is 2.62 bits per heavy atom. The predicted molar refractivity (Wildman–Crippen MR) is 149 cm³/mol. The molecule has 1 aromatic heterocycles. The van der Waals surface area contributed by atoms with Crippen molar-refractivity contribution in [2.24, 2.45) is 5.92 Å². The van der Waals surface area contributed by atoms with Crippen molar-refractivity contribution in [2.45, 2.75) is 39.3 Å². The average molecular weight is 536 g/mol. The van der Waals surface area contributed by atoms with Gasteiger partial charge in [-0.1, -0.05) is 50.2 Å². The molecule has 0 bridgehead atoms. The smallest absolute Gasteiger partial charge is 0.273 e. The normalized spacial score (nSPS) is 17.5. The number of rotatable bonds is 7. The van der Waals surface area contributed by atoms with E-state index >= 15 is 0 Å². The maximum Gasteiger partial charge on any atom is 0.273 e. The summed E-state index contributed by atoms with van der Waals surface area (Å²) in [6.07, 6.45) is 1.37. The number of nitrogens with zero attached hydrogens (tertiary/aromatic N) is 3. The molecule has 0 N–H and O–H groups in total. The summed E-state index contributed by atoms with van der Waals surface area (Å²) in [6.45, 7) is 6.75. The third-order valence-corrected chi connectivity index (χ3v) is 8.56. The molecule has 1 saturated heterocycles. The van der Waals surface area contributed by atoms with Gasteiger partial charge in [0.2, 0.25) is 5.91 Å². The van der Waals surface area contributed by atoms with Crippen LogP contribution in [0.2, 0.25) is 0 Å². The van der Waals surface area contributed by atoms with Crippen molar-refractivity contribution >= 4 is 34.9 Å². The topological polar surface area (TPSA) is 62.7 Å². The van der Waals surface area contributed by atoms with Gasteiger partial charge < -0.3 is 14.5 Å². The van der Waals surface area contributed by atoms with Crippen LogP contribution in [0.4, 0.5) is 0 Å². The van der Waals surface area contributed by atoms with Gasteiger partial charge >= 0.3 is 0 Å². The molecule has 1 atom stereocenters. The van der Waals surface area contributed by atoms with E-state index in [0.717, 1.165) is 52.9 Å². The minimum atomic E-state index is -0.133. The number of ether oxygens (including phenoxy) is 1. The van der Waals surface area contributed by atoms with Crippen LogP contribution in [0.15, 0.2) is 53.9 Å². The van der Waals surface area contributed by atoms with Crippen LogP contribution in [0.1, 0.15) is 58.5 Å². The molecular weight excluding hydrogens is 502 g/mol. The highest BCUT2D eigenvalue weighted by Gasteiger charge is 2.32. The molecule has 8 heteroatoms. The lowest BCUT2D eigenvalue weighted by Gasteiger charge is -2.38. The number of aromatic nitrogens is 1. The second-order valence-corrected chi connectivity index (χ2v) is 12.1. The Morgan fingerprint density at radius 1 is 1.08 bits per heavy atom. The Morgan fingerprint density at radius 2 is 1.86 bits per heavy atom. The second kappa shape index (κ2) is 11.7. The molecule has 2 aromatic carbocycles. The highest BCUT2D eigenvalue weighted by molar-refractivity contribution is 7.99. The monoisotopic (exact) mass is 535 g/mol. The summed E-state index contributed by atoms with van der Waals surface area (Å²) in [7, 11) is 0. The van der Waals surface area contributed by atoms with Gasteiger partial charge in [0.15, 0.2) is 0 Å². The Labute approximate surface area is 227 Å². The van der Waals surface area contributed by atoms with Crippen molar-refractivity contribution in [1.29, 1.82) is 0 Å². The van der Waals surface area contributed by atoms with Gasteiger partial charge in [0, 0.05) is 42.9 Å². The third kappa shape index (κ3) is 6.02. The lowest BCUT2D eigenvalue weighted by atomic mass is 9.87. The van der Waals surface area contributed by atoms with Crippen molar-refractivity contribution in [3.05, 3.63) is 81.3 Å². The molecule has 6 nitrogen and oxygen atoms in total. The summed E-state index contributed by atoms with van der Waals surface area (Å²) >= 11 is 3.34. The summed E-state index contributed by atoms with van der Waals surface area (Å²) in [5.74, 6) is 3.21. The minimum absolute atomic E-state index is 0.00781. The fourth-order valence-corrected chi connectivity index (χ4v) is 6.54. The standard InChI is InChI=1S/C29H33N3O3S2/c1-20(2)16-27(33)32-11-10-21-8-9-23(17-24(21)28(32)22-6-4-3-5-7-22)35-18-26-30-25(19-37-26)29(34)31-12-14-36-15-13-31/h3-9,17,19-20,28H,10-16,18H2,1-2H3. The molecule has 1 unspecified atom stereocenters. The first-order valence-electron chi connectivity index (χ1n) is 12.9. The van der Waals surface area contributed by atoms with E-state index in [9.17, 15) is 9.59 Å². The second-order valence-electron chi connectivity index (χ2n) is 9.93. The van der Waals surface area contributed by atoms with E-state index in [1.807, 2.05) is 51.2 Å². The lowest BCUT2D eigenvalue weighted by Crippen LogP contribution is -2.41. The molecule has 3 heterocycles. The number of thioether (sulfide) groups is 1. The van der Waals surface area contributed by atoms with Crippen molar-refractivity contribution < 1.29 is 14.3 Å². The Balaban J connectivity index is 1.34. The maximum absolute atomic E-state index is 13.2. The van der Waals surface area contributed by atoms with Gasteiger partial charge in [-0.25, -0.2) is 4.98 Å². The van der Waals surface area contributed by atoms with Gasteiger partial charge in [0.05, 0.1) is 6.04 Å². The van der Waals surface area contributed by atoms with Crippen molar-refractivity contribution in [2.75, 3.05) is 31.1 Å². The molecule has 2 amide bonds. The van der Waals surface area contributed by atoms with E-state index in [-0.39, 0.29) is 17.9 Å². The molecule has 0 radical (unpaired) electrons.